The van der Waals surface area contributed by atoms with E-state index in [1.54, 1.807) is 65.9 Å². The van der Waals surface area contributed by atoms with Crippen molar-refractivity contribution in [2.24, 2.45) is 0 Å². The lowest BCUT2D eigenvalue weighted by Crippen LogP contribution is -2.34. The molecule has 0 bridgehead atoms. The lowest BCUT2D eigenvalue weighted by Gasteiger charge is -2.11. The molecule has 8 heteroatoms. The van der Waals surface area contributed by atoms with Crippen LogP contribution in [0.25, 0.3) is 23.0 Å². The standard InChI is InChI=1S/C30H24N6O2/c37-29(23-10-3-1-4-11-23)34-27(30(38)33-19-22-9-7-15-31-18-22)17-25-21-36(26-13-5-2-6-14-26)35-28(25)24-12-8-16-32-20-24/h1-18,20-21H,19H2,(H,33,38)(H,34,37)/b27-17-. The van der Waals surface area contributed by atoms with Gasteiger partial charge in [-0.1, -0.05) is 42.5 Å². The average Bonchev–Trinajstić information content (AvgIpc) is 3.41. The van der Waals surface area contributed by atoms with Crippen LogP contribution in [0.15, 0.2) is 122 Å². The molecule has 0 atom stereocenters. The van der Waals surface area contributed by atoms with Gasteiger partial charge in [0.2, 0.25) is 0 Å². The molecule has 0 saturated heterocycles. The second-order valence-corrected chi connectivity index (χ2v) is 8.38. The summed E-state index contributed by atoms with van der Waals surface area (Å²) in [6.45, 7) is 0.254. The van der Waals surface area contributed by atoms with Crippen molar-refractivity contribution in [1.82, 2.24) is 30.4 Å². The molecule has 3 aromatic heterocycles. The van der Waals surface area contributed by atoms with Gasteiger partial charge in [0.25, 0.3) is 11.8 Å². The van der Waals surface area contributed by atoms with Crippen LogP contribution in [0.5, 0.6) is 0 Å². The minimum Gasteiger partial charge on any atom is -0.347 e. The van der Waals surface area contributed by atoms with E-state index in [9.17, 15) is 9.59 Å². The van der Waals surface area contributed by atoms with Crippen molar-refractivity contribution >= 4 is 17.9 Å². The predicted octanol–water partition coefficient (Wildman–Crippen LogP) is 4.42. The third kappa shape index (κ3) is 5.88. The summed E-state index contributed by atoms with van der Waals surface area (Å²) >= 11 is 0. The Labute approximate surface area is 219 Å². The molecule has 0 saturated carbocycles. The van der Waals surface area contributed by atoms with Gasteiger partial charge in [-0.25, -0.2) is 4.68 Å². The van der Waals surface area contributed by atoms with E-state index in [0.29, 0.717) is 16.8 Å². The number of pyridine rings is 2. The number of para-hydroxylation sites is 1. The Morgan fingerprint density at radius 2 is 1.53 bits per heavy atom. The first kappa shape index (κ1) is 24.3. The number of hydrogen-bond acceptors (Lipinski definition) is 5. The summed E-state index contributed by atoms with van der Waals surface area (Å²) in [7, 11) is 0. The Bertz CT molecular complexity index is 1550. The van der Waals surface area contributed by atoms with Gasteiger partial charge in [-0.05, 0) is 54.1 Å². The number of nitrogens with zero attached hydrogens (tertiary/aromatic N) is 4. The molecule has 3 heterocycles. The molecular weight excluding hydrogens is 476 g/mol. The first-order chi connectivity index (χ1) is 18.7. The second-order valence-electron chi connectivity index (χ2n) is 8.38. The molecule has 2 N–H and O–H groups in total. The van der Waals surface area contributed by atoms with Gasteiger partial charge in [0.1, 0.15) is 11.4 Å². The lowest BCUT2D eigenvalue weighted by atomic mass is 10.1. The second kappa shape index (κ2) is 11.6. The molecule has 38 heavy (non-hydrogen) atoms. The number of nitrogens with one attached hydrogen (secondary N) is 2. The summed E-state index contributed by atoms with van der Waals surface area (Å²) in [5, 5.41) is 10.4. The highest BCUT2D eigenvalue weighted by molar-refractivity contribution is 6.05. The van der Waals surface area contributed by atoms with Crippen molar-refractivity contribution in [2.45, 2.75) is 6.54 Å². The highest BCUT2D eigenvalue weighted by Crippen LogP contribution is 2.25. The van der Waals surface area contributed by atoms with Crippen LogP contribution in [0, 0.1) is 0 Å². The van der Waals surface area contributed by atoms with Gasteiger partial charge in [-0.15, -0.1) is 0 Å². The quantitative estimate of drug-likeness (QED) is 0.307. The van der Waals surface area contributed by atoms with Crippen molar-refractivity contribution < 1.29 is 9.59 Å². The van der Waals surface area contributed by atoms with Crippen LogP contribution < -0.4 is 10.6 Å². The first-order valence-electron chi connectivity index (χ1n) is 12.0. The molecule has 0 spiro atoms. The minimum atomic E-state index is -0.442. The number of carbonyl (C=O) groups excluding carboxylic acids is 2. The maximum absolute atomic E-state index is 13.4. The zero-order chi connectivity index (χ0) is 26.2. The molecule has 0 unspecified atom stereocenters. The van der Waals surface area contributed by atoms with Gasteiger partial charge in [-0.3, -0.25) is 19.6 Å². The third-order valence-electron chi connectivity index (χ3n) is 5.70. The molecule has 8 nitrogen and oxygen atoms in total. The fourth-order valence-corrected chi connectivity index (χ4v) is 3.81. The van der Waals surface area contributed by atoms with Crippen LogP contribution in [0.3, 0.4) is 0 Å². The van der Waals surface area contributed by atoms with Crippen molar-refractivity contribution in [3.63, 3.8) is 0 Å². The number of amides is 2. The maximum Gasteiger partial charge on any atom is 0.268 e. The third-order valence-corrected chi connectivity index (χ3v) is 5.70. The van der Waals surface area contributed by atoms with E-state index in [4.69, 9.17) is 5.10 Å². The lowest BCUT2D eigenvalue weighted by molar-refractivity contribution is -0.117. The minimum absolute atomic E-state index is 0.0838. The van der Waals surface area contributed by atoms with Gasteiger partial charge < -0.3 is 10.6 Å². The van der Waals surface area contributed by atoms with Crippen molar-refractivity contribution in [1.29, 1.82) is 0 Å². The van der Waals surface area contributed by atoms with E-state index in [1.807, 2.05) is 60.8 Å². The van der Waals surface area contributed by atoms with Crippen molar-refractivity contribution in [3.05, 3.63) is 138 Å². The summed E-state index contributed by atoms with van der Waals surface area (Å²) in [6.07, 6.45) is 10.2. The van der Waals surface area contributed by atoms with Gasteiger partial charge in [0.15, 0.2) is 0 Å². The summed E-state index contributed by atoms with van der Waals surface area (Å²) in [4.78, 5) is 34.7. The van der Waals surface area contributed by atoms with Crippen LogP contribution in [0.2, 0.25) is 0 Å². The summed E-state index contributed by atoms with van der Waals surface area (Å²) < 4.78 is 1.73. The molecule has 0 aliphatic carbocycles. The topological polar surface area (TPSA) is 102 Å². The Kier molecular flexibility index (Phi) is 7.41. The zero-order valence-electron chi connectivity index (χ0n) is 20.4. The first-order valence-corrected chi connectivity index (χ1v) is 12.0. The summed E-state index contributed by atoms with van der Waals surface area (Å²) in [5.41, 5.74) is 4.25. The van der Waals surface area contributed by atoms with Crippen LogP contribution in [0.4, 0.5) is 0 Å². The molecule has 2 amide bonds. The van der Waals surface area contributed by atoms with Crippen molar-refractivity contribution in [3.8, 4) is 16.9 Å². The molecule has 5 aromatic rings. The Morgan fingerprint density at radius 3 is 2.21 bits per heavy atom. The van der Waals surface area contributed by atoms with Crippen LogP contribution in [-0.4, -0.2) is 31.6 Å². The molecule has 0 aliphatic rings. The fourth-order valence-electron chi connectivity index (χ4n) is 3.81. The van der Waals surface area contributed by atoms with Crippen molar-refractivity contribution in [2.75, 3.05) is 0 Å². The molecule has 5 rings (SSSR count). The predicted molar refractivity (Wildman–Crippen MR) is 145 cm³/mol. The number of hydrogen-bond donors (Lipinski definition) is 2. The van der Waals surface area contributed by atoms with Gasteiger partial charge in [0.05, 0.1) is 5.69 Å². The number of carbonyl (C=O) groups is 2. The largest absolute Gasteiger partial charge is 0.347 e. The zero-order valence-corrected chi connectivity index (χ0v) is 20.4. The average molecular weight is 501 g/mol. The van der Waals surface area contributed by atoms with Crippen LogP contribution in [0.1, 0.15) is 21.5 Å². The van der Waals surface area contributed by atoms with E-state index in [2.05, 4.69) is 20.6 Å². The summed E-state index contributed by atoms with van der Waals surface area (Å²) in [6, 6.07) is 25.8. The molecule has 186 valence electrons. The highest BCUT2D eigenvalue weighted by Gasteiger charge is 2.18. The Balaban J connectivity index is 1.54. The van der Waals surface area contributed by atoms with Crippen LogP contribution >= 0.6 is 0 Å². The molecular formula is C30H24N6O2. The van der Waals surface area contributed by atoms with E-state index in [-0.39, 0.29) is 12.2 Å². The van der Waals surface area contributed by atoms with E-state index in [1.165, 1.54) is 0 Å². The monoisotopic (exact) mass is 500 g/mol. The Morgan fingerprint density at radius 1 is 0.816 bits per heavy atom. The van der Waals surface area contributed by atoms with E-state index < -0.39 is 11.8 Å². The maximum atomic E-state index is 13.4. The van der Waals surface area contributed by atoms with E-state index in [0.717, 1.165) is 16.8 Å². The summed E-state index contributed by atoms with van der Waals surface area (Å²) in [5.74, 6) is -0.838. The van der Waals surface area contributed by atoms with E-state index >= 15 is 0 Å². The number of aromatic nitrogens is 4. The number of rotatable bonds is 8. The molecule has 0 fully saturated rings. The Hall–Kier alpha value is -5.37. The van der Waals surface area contributed by atoms with Gasteiger partial charge in [0, 0.05) is 54.2 Å². The fraction of sp³-hybridized carbons (Fsp3) is 0.0333. The molecule has 2 aromatic carbocycles. The van der Waals surface area contributed by atoms with Gasteiger partial charge in [-0.2, -0.15) is 5.10 Å². The smallest absolute Gasteiger partial charge is 0.268 e. The molecule has 0 radical (unpaired) electrons. The SMILES string of the molecule is O=C(NCc1cccnc1)/C(=C/c1cn(-c2ccccc2)nc1-c1cccnc1)NC(=O)c1ccccc1. The van der Waals surface area contributed by atoms with Crippen LogP contribution in [-0.2, 0) is 11.3 Å². The number of benzene rings is 2. The normalized spacial score (nSPS) is 11.1. The highest BCUT2D eigenvalue weighted by atomic mass is 16.2. The van der Waals surface area contributed by atoms with Gasteiger partial charge >= 0.3 is 0 Å². The molecule has 0 aliphatic heterocycles.